The van der Waals surface area contributed by atoms with Crippen molar-refractivity contribution in [2.75, 3.05) is 33.0 Å². The highest BCUT2D eigenvalue weighted by atomic mass is 16.7. The fourth-order valence-corrected chi connectivity index (χ4v) is 12.4. The van der Waals surface area contributed by atoms with E-state index in [1.165, 1.54) is 78.9 Å². The van der Waals surface area contributed by atoms with Crippen LogP contribution in [-0.4, -0.2) is 351 Å². The molecule has 40 nitrogen and oxygen atoms in total. The summed E-state index contributed by atoms with van der Waals surface area (Å²) in [5.41, 5.74) is 2.51. The zero-order valence-electron chi connectivity index (χ0n) is 62.0. The monoisotopic (exact) mass is 1630 g/mol. The molecule has 0 radical (unpaired) electrons. The first-order valence-electron chi connectivity index (χ1n) is 35.2. The van der Waals surface area contributed by atoms with Crippen LogP contribution in [0.4, 0.5) is 0 Å². The molecule has 0 bridgehead atoms. The third-order valence-electron chi connectivity index (χ3n) is 18.6. The summed E-state index contributed by atoms with van der Waals surface area (Å²) < 4.78 is 24.4. The molecule has 0 aliphatic carbocycles. The number of aliphatic imine (C=N–C) groups is 2. The predicted octanol–water partition coefficient (Wildman–Crippen LogP) is -4.87. The predicted molar refractivity (Wildman–Crippen MR) is 401 cm³/mol. The summed E-state index contributed by atoms with van der Waals surface area (Å²) in [6.45, 7) is 10.8. The molecule has 5 fully saturated rings. The number of nitrogens with zero attached hydrogens (tertiary/aromatic N) is 2. The number of allylic oxidation sites excluding steroid dienone is 1. The Labute approximate surface area is 655 Å². The fourth-order valence-electron chi connectivity index (χ4n) is 12.4. The SMILES string of the molecule is C.C=CC.CC(=NC1C(O)C(O)OC(CO)C1O)c1ccc(O)cc1O.CC(=NC1C(O)C(O)OC(CO)C1O)c1ccc(O)cc1O.CC(NC1C(O)C(O)OC(CO)C1O)c1ccc(O)cc1O.C[C@@H](NC1C(O)C(O)OC(CO)C1O)c1ccc(O)cc1O.C[C@H](NC1C(O)C(O)OC(CO)C1O)c1ccc(O)cc1O.[HH]. The smallest absolute Gasteiger partial charge is 0.183 e. The van der Waals surface area contributed by atoms with Gasteiger partial charge in [0.05, 0.1) is 51.2 Å². The van der Waals surface area contributed by atoms with Crippen LogP contribution >= 0.6 is 0 Å². The van der Waals surface area contributed by atoms with E-state index in [9.17, 15) is 128 Å². The molecule has 0 saturated carbocycles. The Morgan fingerprint density at radius 3 is 0.763 bits per heavy atom. The van der Waals surface area contributed by atoms with E-state index in [4.69, 9.17) is 49.2 Å². The summed E-state index contributed by atoms with van der Waals surface area (Å²) in [7, 11) is 0. The molecule has 5 aromatic carbocycles. The molecule has 5 aromatic rings. The van der Waals surface area contributed by atoms with Gasteiger partial charge in [-0.1, -0.05) is 31.7 Å². The number of phenolic OH excluding ortho intramolecular Hbond substituents is 10. The van der Waals surface area contributed by atoms with Crippen molar-refractivity contribution in [3.05, 3.63) is 131 Å². The molecule has 26 unspecified atom stereocenters. The number of benzene rings is 5. The van der Waals surface area contributed by atoms with E-state index in [0.717, 1.165) is 12.1 Å². The Morgan fingerprint density at radius 1 is 0.351 bits per heavy atom. The summed E-state index contributed by atoms with van der Waals surface area (Å²) >= 11 is 0. The van der Waals surface area contributed by atoms with E-state index in [-0.39, 0.29) is 77.8 Å². The number of aromatic hydroxyl groups is 10. The zero-order chi connectivity index (χ0) is 84.9. The summed E-state index contributed by atoms with van der Waals surface area (Å²) in [4.78, 5) is 8.26. The van der Waals surface area contributed by atoms with Crippen molar-refractivity contribution < 1.29 is 178 Å². The largest absolute Gasteiger partial charge is 0.508 e. The molecular weight excluding hydrogens is 1520 g/mol. The second kappa shape index (κ2) is 45.5. The molecule has 33 N–H and O–H groups in total. The third kappa shape index (κ3) is 25.8. The molecule has 5 aliphatic rings. The van der Waals surface area contributed by atoms with Crippen LogP contribution in [0.15, 0.2) is 114 Å². The molecule has 644 valence electrons. The van der Waals surface area contributed by atoms with Crippen LogP contribution in [0, 0.1) is 0 Å². The normalized spacial score (nSPS) is 32.3. The van der Waals surface area contributed by atoms with Gasteiger partial charge in [-0.05, 0) is 84.0 Å². The Bertz CT molecular complexity index is 3510. The Balaban J connectivity index is 0.000000367. The van der Waals surface area contributed by atoms with Gasteiger partial charge in [0.2, 0.25) is 0 Å². The molecule has 28 atom stereocenters. The molecule has 5 saturated heterocycles. The summed E-state index contributed by atoms with van der Waals surface area (Å²) in [6.07, 6.45) is -24.8. The highest BCUT2D eigenvalue weighted by molar-refractivity contribution is 6.02. The zero-order valence-corrected chi connectivity index (χ0v) is 62.0. The molecule has 40 heteroatoms. The third-order valence-corrected chi connectivity index (χ3v) is 18.6. The van der Waals surface area contributed by atoms with Gasteiger partial charge in [-0.15, -0.1) is 6.58 Å². The van der Waals surface area contributed by atoms with Crippen LogP contribution in [0.1, 0.15) is 96.3 Å². The van der Waals surface area contributed by atoms with Gasteiger partial charge >= 0.3 is 0 Å². The van der Waals surface area contributed by atoms with Crippen molar-refractivity contribution in [2.24, 2.45) is 9.98 Å². The highest BCUT2D eigenvalue weighted by Gasteiger charge is 2.49. The minimum absolute atomic E-state index is 0. The lowest BCUT2D eigenvalue weighted by Crippen LogP contribution is -2.63. The van der Waals surface area contributed by atoms with Crippen LogP contribution in [0.2, 0.25) is 0 Å². The van der Waals surface area contributed by atoms with E-state index in [1.807, 2.05) is 6.92 Å². The van der Waals surface area contributed by atoms with E-state index in [2.05, 4.69) is 32.5 Å². The van der Waals surface area contributed by atoms with Gasteiger partial charge < -0.3 is 193 Å². The van der Waals surface area contributed by atoms with Crippen molar-refractivity contribution >= 4 is 11.4 Å². The maximum absolute atomic E-state index is 10.1. The maximum Gasteiger partial charge on any atom is 0.183 e. The topological polar surface area (TPSA) is 714 Å². The Hall–Kier alpha value is -7.94. The molecule has 114 heavy (non-hydrogen) atoms. The highest BCUT2D eigenvalue weighted by Crippen LogP contribution is 2.36. The minimum Gasteiger partial charge on any atom is -0.508 e. The average molecular weight is 1630 g/mol. The van der Waals surface area contributed by atoms with Gasteiger partial charge in [-0.3, -0.25) is 9.98 Å². The van der Waals surface area contributed by atoms with Crippen LogP contribution in [0.5, 0.6) is 57.5 Å². The summed E-state index contributed by atoms with van der Waals surface area (Å²) in [5.74, 6) is -1.35. The van der Waals surface area contributed by atoms with Crippen LogP contribution in [0.3, 0.4) is 0 Å². The lowest BCUT2D eigenvalue weighted by atomic mass is 9.94. The van der Waals surface area contributed by atoms with Gasteiger partial charge in [0.15, 0.2) is 31.5 Å². The van der Waals surface area contributed by atoms with Gasteiger partial charge in [0.25, 0.3) is 0 Å². The van der Waals surface area contributed by atoms with E-state index < -0.39 is 204 Å². The summed E-state index contributed by atoms with van der Waals surface area (Å²) in [6, 6.07) is 13.4. The first kappa shape index (κ1) is 98.4. The van der Waals surface area contributed by atoms with E-state index >= 15 is 0 Å². The van der Waals surface area contributed by atoms with Crippen molar-refractivity contribution in [3.8, 4) is 57.5 Å². The number of hydrogen-bond acceptors (Lipinski definition) is 40. The van der Waals surface area contributed by atoms with Gasteiger partial charge in [0.1, 0.15) is 161 Å². The average Bonchev–Trinajstić information content (AvgIpc) is 0.820. The van der Waals surface area contributed by atoms with Gasteiger partial charge in [0, 0.05) is 89.1 Å². The molecule has 5 heterocycles. The molecule has 10 rings (SSSR count). The first-order valence-corrected chi connectivity index (χ1v) is 35.2. The number of ether oxygens (including phenoxy) is 5. The molecular formula is C74H113N5O35. The van der Waals surface area contributed by atoms with Crippen LogP contribution in [0.25, 0.3) is 0 Å². The maximum atomic E-state index is 10.1. The second-order valence-corrected chi connectivity index (χ2v) is 26.8. The van der Waals surface area contributed by atoms with Crippen LogP contribution < -0.4 is 16.0 Å². The molecule has 0 spiro atoms. The van der Waals surface area contributed by atoms with Crippen LogP contribution in [-0.2, 0) is 23.7 Å². The van der Waals surface area contributed by atoms with E-state index in [0.29, 0.717) is 27.8 Å². The van der Waals surface area contributed by atoms with Crippen molar-refractivity contribution in [1.29, 1.82) is 0 Å². The fraction of sp³-hybridized carbons (Fsp3) is 0.541. The lowest BCUT2D eigenvalue weighted by Gasteiger charge is -2.41. The van der Waals surface area contributed by atoms with E-state index in [1.54, 1.807) is 40.7 Å². The molecule has 0 aromatic heterocycles. The van der Waals surface area contributed by atoms with Gasteiger partial charge in [-0.25, -0.2) is 0 Å². The number of hydrogen-bond donors (Lipinski definition) is 33. The first-order chi connectivity index (χ1) is 53.1. The standard InChI is InChI=1S/3C14H21NO7.2C14H19NO7.C3H6.CH4.H2/c5*1-6(8-3-2-7(17)4-9(8)18)15-11-12(19)10(5-16)22-14(21)13(11)20;1-3-2;;/h3*2-4,6,10-21H,5H2,1H3;2*2-4,10-14,16-21H,5H2,1H3;3H,1H2,2H3;1H4;1H/t2*6-,10?,11?,12?,13?,14?;;;;;;/m10....../s1. The van der Waals surface area contributed by atoms with Crippen molar-refractivity contribution in [1.82, 2.24) is 16.0 Å². The Morgan fingerprint density at radius 2 is 0.553 bits per heavy atom. The number of nitrogens with one attached hydrogen (secondary N) is 3. The van der Waals surface area contributed by atoms with Crippen molar-refractivity contribution in [3.63, 3.8) is 0 Å². The minimum atomic E-state index is -1.59. The lowest BCUT2D eigenvalue weighted by molar-refractivity contribution is -0.263. The van der Waals surface area contributed by atoms with Crippen molar-refractivity contribution in [2.45, 2.75) is 220 Å². The number of phenols is 10. The van der Waals surface area contributed by atoms with Gasteiger partial charge in [-0.2, -0.15) is 0 Å². The number of rotatable bonds is 18. The Kier molecular flexibility index (Phi) is 39.3. The quantitative estimate of drug-likeness (QED) is 0.0289. The molecule has 5 aliphatic heterocycles. The summed E-state index contributed by atoms with van der Waals surface area (Å²) in [5, 5.41) is 298. The number of aliphatic hydroxyl groups is 20. The number of aliphatic hydroxyl groups excluding tert-OH is 20. The second-order valence-electron chi connectivity index (χ2n) is 26.8. The molecule has 0 amide bonds.